The summed E-state index contributed by atoms with van der Waals surface area (Å²) in [7, 11) is -3.42. The van der Waals surface area contributed by atoms with Crippen LogP contribution >= 0.6 is 0 Å². The molecule has 2 heterocycles. The largest absolute Gasteiger partial charge is 0.366 e. The van der Waals surface area contributed by atoms with Crippen LogP contribution in [0.4, 0.5) is 15.9 Å². The van der Waals surface area contributed by atoms with Gasteiger partial charge >= 0.3 is 0 Å². The molecule has 6 nitrogen and oxygen atoms in total. The molecule has 0 atom stereocenters. The fraction of sp³-hybridized carbons (Fsp3) is 0.412. The van der Waals surface area contributed by atoms with Gasteiger partial charge in [-0.3, -0.25) is 0 Å². The van der Waals surface area contributed by atoms with Crippen molar-refractivity contribution in [1.82, 2.24) is 10.2 Å². The lowest BCUT2D eigenvalue weighted by Crippen LogP contribution is -2.47. The van der Waals surface area contributed by atoms with E-state index in [2.05, 4.69) is 10.2 Å². The molecule has 3 rings (SSSR count). The topological polar surface area (TPSA) is 66.4 Å². The van der Waals surface area contributed by atoms with Crippen LogP contribution in [0.2, 0.25) is 0 Å². The monoisotopic (exact) mass is 364 g/mol. The molecule has 1 aromatic carbocycles. The maximum Gasteiger partial charge on any atom is 0.199 e. The highest BCUT2D eigenvalue weighted by molar-refractivity contribution is 7.91. The lowest BCUT2D eigenvalue weighted by Gasteiger charge is -2.36. The predicted molar refractivity (Wildman–Crippen MR) is 95.2 cm³/mol. The summed E-state index contributed by atoms with van der Waals surface area (Å²) in [6.45, 7) is 5.89. The zero-order valence-electron chi connectivity index (χ0n) is 14.3. The number of aromatic nitrogens is 2. The number of halogens is 1. The van der Waals surface area contributed by atoms with Crippen molar-refractivity contribution < 1.29 is 12.8 Å². The van der Waals surface area contributed by atoms with Gasteiger partial charge in [0, 0.05) is 26.2 Å². The van der Waals surface area contributed by atoms with Crippen molar-refractivity contribution in [2.75, 3.05) is 36.0 Å². The first-order chi connectivity index (χ1) is 11.9. The van der Waals surface area contributed by atoms with Crippen molar-refractivity contribution in [3.8, 4) is 0 Å². The van der Waals surface area contributed by atoms with Crippen molar-refractivity contribution in [2.24, 2.45) is 0 Å². The predicted octanol–water partition coefficient (Wildman–Crippen LogP) is 2.12. The Labute approximate surface area is 147 Å². The summed E-state index contributed by atoms with van der Waals surface area (Å²) >= 11 is 0. The van der Waals surface area contributed by atoms with E-state index in [0.29, 0.717) is 37.7 Å². The molecule has 0 spiro atoms. The van der Waals surface area contributed by atoms with Crippen molar-refractivity contribution in [3.63, 3.8) is 0 Å². The van der Waals surface area contributed by atoms with Crippen molar-refractivity contribution in [1.29, 1.82) is 0 Å². The Kier molecular flexibility index (Phi) is 4.89. The molecule has 0 saturated carbocycles. The Morgan fingerprint density at radius 2 is 1.60 bits per heavy atom. The molecule has 1 fully saturated rings. The van der Waals surface area contributed by atoms with Gasteiger partial charge in [0.25, 0.3) is 0 Å². The first-order valence-corrected chi connectivity index (χ1v) is 9.76. The minimum atomic E-state index is -3.42. The van der Waals surface area contributed by atoms with Crippen molar-refractivity contribution in [3.05, 3.63) is 42.2 Å². The number of para-hydroxylation sites is 1. The van der Waals surface area contributed by atoms with E-state index in [4.69, 9.17) is 0 Å². The standard InChI is InChI=1S/C17H21FN4O2S/c1-13(2)25(23,24)17-8-7-16(19-20-17)22-11-9-21(10-12-22)15-6-4-3-5-14(15)18/h3-8,13H,9-12H2,1-2H3. The number of nitrogens with zero attached hydrogens (tertiary/aromatic N) is 4. The van der Waals surface area contributed by atoms with Crippen LogP contribution in [0.1, 0.15) is 13.8 Å². The molecule has 1 saturated heterocycles. The Bertz CT molecular complexity index is 832. The number of benzene rings is 1. The van der Waals surface area contributed by atoms with Gasteiger partial charge in [0.2, 0.25) is 0 Å². The SMILES string of the molecule is CC(C)S(=O)(=O)c1ccc(N2CCN(c3ccccc3F)CC2)nn1. The number of rotatable bonds is 4. The summed E-state index contributed by atoms with van der Waals surface area (Å²) in [4.78, 5) is 4.02. The molecule has 134 valence electrons. The highest BCUT2D eigenvalue weighted by Crippen LogP contribution is 2.22. The lowest BCUT2D eigenvalue weighted by atomic mass is 10.2. The van der Waals surface area contributed by atoms with Gasteiger partial charge < -0.3 is 9.80 Å². The number of sulfone groups is 1. The summed E-state index contributed by atoms with van der Waals surface area (Å²) < 4.78 is 38.1. The first kappa shape index (κ1) is 17.6. The second-order valence-electron chi connectivity index (χ2n) is 6.25. The molecule has 1 aliphatic heterocycles. The van der Waals surface area contributed by atoms with Gasteiger partial charge in [0.05, 0.1) is 10.9 Å². The molecule has 1 aliphatic rings. The molecule has 0 radical (unpaired) electrons. The number of piperazine rings is 1. The fourth-order valence-corrected chi connectivity index (χ4v) is 3.65. The molecule has 0 amide bonds. The first-order valence-electron chi connectivity index (χ1n) is 8.21. The molecule has 0 aliphatic carbocycles. The van der Waals surface area contributed by atoms with E-state index in [1.54, 1.807) is 32.0 Å². The second kappa shape index (κ2) is 6.95. The van der Waals surface area contributed by atoms with Crippen LogP contribution in [0, 0.1) is 5.82 Å². The van der Waals surface area contributed by atoms with Gasteiger partial charge in [0.15, 0.2) is 20.7 Å². The van der Waals surface area contributed by atoms with E-state index in [1.807, 2.05) is 15.9 Å². The highest BCUT2D eigenvalue weighted by atomic mass is 32.2. The molecular formula is C17H21FN4O2S. The third-order valence-electron chi connectivity index (χ3n) is 4.33. The summed E-state index contributed by atoms with van der Waals surface area (Å²) in [6, 6.07) is 9.92. The fourth-order valence-electron chi connectivity index (χ4n) is 2.76. The summed E-state index contributed by atoms with van der Waals surface area (Å²) in [6.07, 6.45) is 0. The maximum absolute atomic E-state index is 13.9. The van der Waals surface area contributed by atoms with Crippen LogP contribution < -0.4 is 9.80 Å². The molecule has 0 bridgehead atoms. The number of hydrogen-bond donors (Lipinski definition) is 0. The van der Waals surface area contributed by atoms with E-state index in [1.165, 1.54) is 12.1 Å². The lowest BCUT2D eigenvalue weighted by molar-refractivity contribution is 0.579. The van der Waals surface area contributed by atoms with Gasteiger partial charge in [-0.25, -0.2) is 12.8 Å². The molecule has 1 aromatic heterocycles. The van der Waals surface area contributed by atoms with Crippen LogP contribution in [-0.2, 0) is 9.84 Å². The third kappa shape index (κ3) is 3.58. The van der Waals surface area contributed by atoms with E-state index in [0.717, 1.165) is 0 Å². The average Bonchev–Trinajstić information content (AvgIpc) is 2.62. The zero-order chi connectivity index (χ0) is 18.0. The number of anilines is 2. The van der Waals surface area contributed by atoms with Crippen LogP contribution in [0.3, 0.4) is 0 Å². The van der Waals surface area contributed by atoms with Crippen molar-refractivity contribution in [2.45, 2.75) is 24.1 Å². The van der Waals surface area contributed by atoms with Crippen LogP contribution in [0.5, 0.6) is 0 Å². The molecule has 8 heteroatoms. The van der Waals surface area contributed by atoms with Gasteiger partial charge in [-0.15, -0.1) is 10.2 Å². The van der Waals surface area contributed by atoms with E-state index in [-0.39, 0.29) is 10.8 Å². The Balaban J connectivity index is 1.68. The normalized spacial score (nSPS) is 15.7. The summed E-state index contributed by atoms with van der Waals surface area (Å²) in [5, 5.41) is 7.42. The van der Waals surface area contributed by atoms with Crippen LogP contribution in [0.25, 0.3) is 0 Å². The minimum absolute atomic E-state index is 0.00348. The minimum Gasteiger partial charge on any atom is -0.366 e. The van der Waals surface area contributed by atoms with Gasteiger partial charge in [-0.1, -0.05) is 12.1 Å². The summed E-state index contributed by atoms with van der Waals surface area (Å²) in [5.41, 5.74) is 0.603. The molecule has 0 unspecified atom stereocenters. The third-order valence-corrected chi connectivity index (χ3v) is 6.38. The second-order valence-corrected chi connectivity index (χ2v) is 8.70. The van der Waals surface area contributed by atoms with Gasteiger partial charge in [0.1, 0.15) is 5.82 Å². The van der Waals surface area contributed by atoms with Crippen LogP contribution in [-0.4, -0.2) is 50.0 Å². The van der Waals surface area contributed by atoms with Gasteiger partial charge in [-0.05, 0) is 38.1 Å². The van der Waals surface area contributed by atoms with E-state index < -0.39 is 15.1 Å². The Morgan fingerprint density at radius 1 is 0.960 bits per heavy atom. The summed E-state index contributed by atoms with van der Waals surface area (Å²) in [5.74, 6) is 0.412. The molecule has 2 aromatic rings. The quantitative estimate of drug-likeness (QED) is 0.828. The molecule has 0 N–H and O–H groups in total. The van der Waals surface area contributed by atoms with Crippen molar-refractivity contribution >= 4 is 21.3 Å². The highest BCUT2D eigenvalue weighted by Gasteiger charge is 2.23. The number of hydrogen-bond acceptors (Lipinski definition) is 6. The van der Waals surface area contributed by atoms with Gasteiger partial charge in [-0.2, -0.15) is 0 Å². The van der Waals surface area contributed by atoms with E-state index in [9.17, 15) is 12.8 Å². The maximum atomic E-state index is 13.9. The molecular weight excluding hydrogens is 343 g/mol. The van der Waals surface area contributed by atoms with E-state index >= 15 is 0 Å². The zero-order valence-corrected chi connectivity index (χ0v) is 15.1. The molecule has 25 heavy (non-hydrogen) atoms. The Hall–Kier alpha value is -2.22. The van der Waals surface area contributed by atoms with Crippen LogP contribution in [0.15, 0.2) is 41.4 Å². The average molecular weight is 364 g/mol. The Morgan fingerprint density at radius 3 is 2.16 bits per heavy atom. The smallest absolute Gasteiger partial charge is 0.199 e.